The molecule has 12 N–H and O–H groups in total. The lowest BCUT2D eigenvalue weighted by Crippen LogP contribution is -2.60. The van der Waals surface area contributed by atoms with Crippen molar-refractivity contribution in [2.45, 2.75) is 261 Å². The van der Waals surface area contributed by atoms with Crippen LogP contribution < -0.4 is 28.4 Å². The maximum Gasteiger partial charge on any atom is 0.508 e. The first-order chi connectivity index (χ1) is 67.6. The Bertz CT molecular complexity index is 5470. The monoisotopic (exact) mass is 2050 g/mol. The average Bonchev–Trinajstić information content (AvgIpc) is 1.61. The molecule has 8 heterocycles. The minimum absolute atomic E-state index is 0.0170. The van der Waals surface area contributed by atoms with Gasteiger partial charge in [-0.05, 0) is 133 Å². The van der Waals surface area contributed by atoms with E-state index in [1.54, 1.807) is 82.5 Å². The zero-order valence-electron chi connectivity index (χ0n) is 81.1. The fourth-order valence-corrected chi connectivity index (χ4v) is 15.4. The van der Waals surface area contributed by atoms with E-state index in [2.05, 4.69) is 44.1 Å². The maximum absolute atomic E-state index is 14.7. The van der Waals surface area contributed by atoms with E-state index in [1.165, 1.54) is 38.5 Å². The number of methoxy groups -OCH3 is 6. The Morgan fingerprint density at radius 1 is 0.378 bits per heavy atom. The predicted octanol–water partition coefficient (Wildman–Crippen LogP) is 7.25. The number of hydrogen-bond donors (Lipinski definition) is 12. The Balaban J connectivity index is 0.000000213. The molecule has 0 amide bonds. The van der Waals surface area contributed by atoms with Crippen molar-refractivity contribution in [2.75, 3.05) is 82.4 Å². The number of hydrogen-bond acceptors (Lipinski definition) is 38. The van der Waals surface area contributed by atoms with Crippen molar-refractivity contribution in [3.05, 3.63) is 175 Å². The quantitative estimate of drug-likeness (QED) is 0.0109. The van der Waals surface area contributed by atoms with Gasteiger partial charge < -0.3 is 147 Å². The molecule has 4 aliphatic heterocycles. The Morgan fingerprint density at radius 2 is 0.692 bits per heavy atom. The molecule has 0 radical (unpaired) electrons. The van der Waals surface area contributed by atoms with Crippen LogP contribution in [0.2, 0.25) is 0 Å². The Kier molecular flexibility index (Phi) is 41.6. The standard InChI is InChI=1S/C24H29F5N2O8.2C23H31FN2O9.C23H31FN2O8/c1-3-12-4-6-13(7-5-12)8-15-20(24(27,28)29)31(14(9-25)10-26)30-21(15)39-22-19(34)18(33)17(32)16(38-22)11-37-23(35)36-2;1-11(2)26-12(3)15(8-13-6-7-14(31-4)9-16(13)24)21(25-26)35-22-20(29)19(28)18(27)17(34-22)10-33-23(30)32-5;1-11(2)26-12(3)14(8-13-6-7-16(31-4)15(24)9-13)21(25-26)35-22-20(29)19(28)18(27)17(34-22)10-33-23(30)32-5;1-11(2)26-13(4)15(8-14-7-6-12(3)16(24)9-14)21(25-26)34-22-20(29)19(28)18(27)17(33-22)10-32-23(30)31-5/h4-7,14,16-19,22,32-34H,3,8-11H2,1-2H3;2*6-7,9,11,17-20,22,27-29H,8,10H2,1-5H3;6-7,9,11,17-20,22,27-29H,8,10H2,1-5H3/t;3*17-,18-,19+,20-,22+/m.111/s1. The highest BCUT2D eigenvalue weighted by Gasteiger charge is 2.52. The summed E-state index contributed by atoms with van der Waals surface area (Å²) in [5, 5.41) is 141. The molecule has 8 aromatic rings. The molecule has 20 atom stereocenters. The third kappa shape index (κ3) is 28.8. The first kappa shape index (κ1) is 115. The molecule has 4 aromatic heterocycles. The minimum atomic E-state index is -5.12. The van der Waals surface area contributed by atoms with E-state index in [-0.39, 0.29) is 64.9 Å². The van der Waals surface area contributed by atoms with Gasteiger partial charge in [0.1, 0.15) is 161 Å². The lowest BCUT2D eigenvalue weighted by atomic mass is 9.99. The first-order valence-electron chi connectivity index (χ1n) is 44.9. The topological polar surface area (TPSA) is 548 Å². The van der Waals surface area contributed by atoms with Crippen molar-refractivity contribution in [2.24, 2.45) is 0 Å². The van der Waals surface area contributed by atoms with Crippen molar-refractivity contribution in [3.8, 4) is 35.0 Å². The van der Waals surface area contributed by atoms with E-state index >= 15 is 0 Å². The fourth-order valence-electron chi connectivity index (χ4n) is 15.4. The van der Waals surface area contributed by atoms with Gasteiger partial charge in [0.05, 0.1) is 48.2 Å². The van der Waals surface area contributed by atoms with Crippen LogP contribution in [0.15, 0.2) is 78.9 Å². The molecule has 0 bridgehead atoms. The van der Waals surface area contributed by atoms with Crippen molar-refractivity contribution in [1.29, 1.82) is 0 Å². The molecule has 4 saturated heterocycles. The summed E-state index contributed by atoms with van der Waals surface area (Å²) >= 11 is 0. The summed E-state index contributed by atoms with van der Waals surface area (Å²) in [7, 11) is 7.20. The lowest BCUT2D eigenvalue weighted by Gasteiger charge is -2.39. The molecule has 5 unspecified atom stereocenters. The number of alkyl halides is 5. The van der Waals surface area contributed by atoms with Crippen LogP contribution in [0.5, 0.6) is 35.0 Å². The number of rotatable bonds is 33. The summed E-state index contributed by atoms with van der Waals surface area (Å²) in [5.41, 5.74) is 5.52. The second-order valence-electron chi connectivity index (χ2n) is 34.2. The summed E-state index contributed by atoms with van der Waals surface area (Å²) in [6.45, 7) is 15.6. The van der Waals surface area contributed by atoms with Crippen LogP contribution in [0.1, 0.15) is 151 Å². The van der Waals surface area contributed by atoms with E-state index in [9.17, 15) is 116 Å². The van der Waals surface area contributed by atoms with Gasteiger partial charge in [0, 0.05) is 83.6 Å². The summed E-state index contributed by atoms with van der Waals surface area (Å²) < 4.78 is 210. The zero-order valence-corrected chi connectivity index (χ0v) is 81.1. The number of carbonyl (C=O) groups is 4. The number of ether oxygens (including phenoxy) is 18. The highest BCUT2D eigenvalue weighted by molar-refractivity contribution is 5.61. The van der Waals surface area contributed by atoms with Crippen LogP contribution in [-0.4, -0.2) is 330 Å². The summed E-state index contributed by atoms with van der Waals surface area (Å²) in [6.07, 6.45) is -39.9. The van der Waals surface area contributed by atoms with E-state index < -0.39 is 235 Å². The lowest BCUT2D eigenvalue weighted by molar-refractivity contribution is -0.278. The molecular weight excluding hydrogens is 1930 g/mol. The molecular formula is C93H122F8N8O34. The number of aliphatic hydroxyl groups is 12. The Hall–Kier alpha value is -11.6. The van der Waals surface area contributed by atoms with Crippen LogP contribution in [0.4, 0.5) is 54.3 Å². The van der Waals surface area contributed by atoms with Crippen molar-refractivity contribution in [1.82, 2.24) is 39.1 Å². The van der Waals surface area contributed by atoms with Gasteiger partial charge in [-0.1, -0.05) is 55.5 Å². The molecule has 50 heteroatoms. The Morgan fingerprint density at radius 3 is 0.993 bits per heavy atom. The predicted molar refractivity (Wildman–Crippen MR) is 477 cm³/mol. The molecule has 4 aromatic carbocycles. The van der Waals surface area contributed by atoms with E-state index in [4.69, 9.17) is 61.6 Å². The highest BCUT2D eigenvalue weighted by Crippen LogP contribution is 2.43. The molecule has 0 saturated carbocycles. The average molecular weight is 2050 g/mol. The number of aryl methyl sites for hydroxylation is 2. The highest BCUT2D eigenvalue weighted by atomic mass is 19.4. The van der Waals surface area contributed by atoms with Crippen LogP contribution in [-0.2, 0) is 95.1 Å². The number of nitrogens with zero attached hydrogens (tertiary/aromatic N) is 8. The smallest absolute Gasteiger partial charge is 0.497 e. The summed E-state index contributed by atoms with van der Waals surface area (Å²) in [5.74, 6) is -1.29. The van der Waals surface area contributed by atoms with Crippen LogP contribution >= 0.6 is 0 Å². The minimum Gasteiger partial charge on any atom is -0.497 e. The maximum atomic E-state index is 14.7. The van der Waals surface area contributed by atoms with Crippen molar-refractivity contribution >= 4 is 24.6 Å². The molecule has 42 nitrogen and oxygen atoms in total. The van der Waals surface area contributed by atoms with Crippen LogP contribution in [0.25, 0.3) is 0 Å². The van der Waals surface area contributed by atoms with Crippen LogP contribution in [0, 0.1) is 45.1 Å². The number of aromatic nitrogens is 8. The molecule has 0 aliphatic carbocycles. The van der Waals surface area contributed by atoms with Crippen molar-refractivity contribution in [3.63, 3.8) is 0 Å². The van der Waals surface area contributed by atoms with Gasteiger partial charge >= 0.3 is 30.8 Å². The van der Waals surface area contributed by atoms with Gasteiger partial charge in [0.15, 0.2) is 17.3 Å². The van der Waals surface area contributed by atoms with E-state index in [0.29, 0.717) is 68.8 Å². The van der Waals surface area contributed by atoms with Gasteiger partial charge in [0.2, 0.25) is 48.7 Å². The zero-order chi connectivity index (χ0) is 106. The number of benzene rings is 4. The third-order valence-electron chi connectivity index (χ3n) is 23.5. The van der Waals surface area contributed by atoms with Gasteiger partial charge in [-0.25, -0.2) is 45.8 Å². The molecule has 143 heavy (non-hydrogen) atoms. The number of aliphatic hydroxyl groups excluding tert-OH is 12. The molecule has 12 rings (SSSR count). The van der Waals surface area contributed by atoms with Gasteiger partial charge in [-0.3, -0.25) is 14.0 Å². The van der Waals surface area contributed by atoms with Crippen molar-refractivity contribution < 1.29 is 201 Å². The molecule has 794 valence electrons. The summed E-state index contributed by atoms with van der Waals surface area (Å²) in [4.78, 5) is 45.2. The Labute approximate surface area is 815 Å². The second-order valence-corrected chi connectivity index (χ2v) is 34.2. The van der Waals surface area contributed by atoms with E-state index in [0.717, 1.165) is 45.4 Å². The summed E-state index contributed by atoms with van der Waals surface area (Å²) in [6, 6.07) is 18.5. The third-order valence-corrected chi connectivity index (χ3v) is 23.5. The molecule has 4 fully saturated rings. The van der Waals surface area contributed by atoms with Gasteiger partial charge in [0.25, 0.3) is 0 Å². The first-order valence-corrected chi connectivity index (χ1v) is 44.9. The largest absolute Gasteiger partial charge is 0.508 e. The SMILES string of the molecule is CCc1ccc(Cc2c(OC3OC(COC(=O)OC)C(O)C(O)C3O)nn(C(CF)CF)c2C(F)(F)F)cc1.COC(=O)OC[C@H]1O[C@@H](Oc2nn(C(C)C)c(C)c2Cc2ccc(C)c(F)c2)[C@H](O)[C@@H](O)[C@@H]1O.COC(=O)OC[C@H]1O[C@@H](Oc2nn(C(C)C)c(C)c2Cc2ccc(OC)c(F)c2)[C@H](O)[C@@H](O)[C@@H]1O.COC(=O)OC[C@H]1O[C@@H](Oc2nn(C(C)C)c(C)c2Cc2ccc(OC)cc2F)[C@H](O)[C@@H](O)[C@@H]1O. The number of carbonyl (C=O) groups excluding carboxylic acids is 4. The molecule has 4 aliphatic rings. The van der Waals surface area contributed by atoms with Crippen LogP contribution in [0.3, 0.4) is 0 Å². The van der Waals surface area contributed by atoms with E-state index in [1.807, 2.05) is 62.3 Å². The second kappa shape index (κ2) is 51.8. The van der Waals surface area contributed by atoms with Gasteiger partial charge in [-0.2, -0.15) is 13.2 Å². The van der Waals surface area contributed by atoms with Gasteiger partial charge in [-0.15, -0.1) is 20.4 Å². The number of halogens is 8. The fraction of sp³-hybridized carbons (Fsp3) is 0.570. The normalized spacial score (nSPS) is 24.3. The molecule has 0 spiro atoms.